The van der Waals surface area contributed by atoms with Crippen LogP contribution in [0.1, 0.15) is 56.5 Å². The summed E-state index contributed by atoms with van der Waals surface area (Å²) in [7, 11) is 0. The molecule has 0 bridgehead atoms. The van der Waals surface area contributed by atoms with Crippen molar-refractivity contribution in [1.29, 1.82) is 0 Å². The van der Waals surface area contributed by atoms with Gasteiger partial charge in [0.25, 0.3) is 5.91 Å². The summed E-state index contributed by atoms with van der Waals surface area (Å²) in [6.07, 6.45) is 1.63. The van der Waals surface area contributed by atoms with Crippen LogP contribution in [0.15, 0.2) is 5.38 Å². The lowest BCUT2D eigenvalue weighted by atomic mass is 9.82. The molecule has 0 aliphatic carbocycles. The van der Waals surface area contributed by atoms with Gasteiger partial charge in [0.1, 0.15) is 5.69 Å². The van der Waals surface area contributed by atoms with Gasteiger partial charge in [-0.3, -0.25) is 4.79 Å². The molecule has 0 saturated carbocycles. The van der Waals surface area contributed by atoms with Crippen molar-refractivity contribution in [2.75, 3.05) is 6.54 Å². The Hall–Kier alpha value is -0.940. The van der Waals surface area contributed by atoms with Crippen molar-refractivity contribution >= 4 is 17.2 Å². The van der Waals surface area contributed by atoms with E-state index in [4.69, 9.17) is 5.73 Å². The number of nitrogens with two attached hydrogens (primary N) is 1. The number of amides is 1. The van der Waals surface area contributed by atoms with E-state index in [1.807, 2.05) is 13.8 Å². The Balaban J connectivity index is 2.67. The molecule has 0 aromatic carbocycles. The maximum atomic E-state index is 12.2. The lowest BCUT2D eigenvalue weighted by Gasteiger charge is -2.33. The summed E-state index contributed by atoms with van der Waals surface area (Å²) < 4.78 is 0. The van der Waals surface area contributed by atoms with Gasteiger partial charge in [-0.25, -0.2) is 4.98 Å². The molecule has 5 heteroatoms. The SMILES string of the molecule is CC(C)(C)CC(C)(C)NC(=O)c1csc(CCN)n1. The largest absolute Gasteiger partial charge is 0.346 e. The first-order valence-electron chi connectivity index (χ1n) is 6.60. The van der Waals surface area contributed by atoms with Gasteiger partial charge < -0.3 is 11.1 Å². The number of thiazole rings is 1. The number of aromatic nitrogens is 1. The summed E-state index contributed by atoms with van der Waals surface area (Å²) in [4.78, 5) is 16.5. The molecule has 3 N–H and O–H groups in total. The highest BCUT2D eigenvalue weighted by atomic mass is 32.1. The van der Waals surface area contributed by atoms with Gasteiger partial charge in [-0.2, -0.15) is 0 Å². The highest BCUT2D eigenvalue weighted by molar-refractivity contribution is 7.09. The third-order valence-electron chi connectivity index (χ3n) is 2.57. The summed E-state index contributed by atoms with van der Waals surface area (Å²) >= 11 is 1.49. The van der Waals surface area contributed by atoms with E-state index in [1.54, 1.807) is 5.38 Å². The first-order chi connectivity index (χ1) is 8.63. The zero-order valence-electron chi connectivity index (χ0n) is 12.5. The third-order valence-corrected chi connectivity index (χ3v) is 3.48. The van der Waals surface area contributed by atoms with E-state index in [0.717, 1.165) is 17.8 Å². The minimum atomic E-state index is -0.243. The van der Waals surface area contributed by atoms with Crippen LogP contribution in [0.3, 0.4) is 0 Å². The smallest absolute Gasteiger partial charge is 0.271 e. The summed E-state index contributed by atoms with van der Waals surface area (Å²) in [5.74, 6) is -0.103. The summed E-state index contributed by atoms with van der Waals surface area (Å²) in [6, 6.07) is 0. The van der Waals surface area contributed by atoms with Crippen LogP contribution in [-0.2, 0) is 6.42 Å². The number of hydrogen-bond acceptors (Lipinski definition) is 4. The second-order valence-corrected chi connectivity index (χ2v) is 7.68. The molecule has 1 amide bonds. The van der Waals surface area contributed by atoms with Crippen molar-refractivity contribution in [2.45, 2.75) is 53.0 Å². The van der Waals surface area contributed by atoms with Gasteiger partial charge in [0, 0.05) is 17.3 Å². The van der Waals surface area contributed by atoms with Crippen molar-refractivity contribution in [2.24, 2.45) is 11.1 Å². The standard InChI is InChI=1S/C14H25N3OS/c1-13(2,3)9-14(4,5)17-12(18)10-8-19-11(16-10)6-7-15/h8H,6-7,9,15H2,1-5H3,(H,17,18). The van der Waals surface area contributed by atoms with E-state index in [-0.39, 0.29) is 16.9 Å². The molecule has 0 unspecified atom stereocenters. The number of nitrogens with one attached hydrogen (secondary N) is 1. The number of carbonyl (C=O) groups excluding carboxylic acids is 1. The van der Waals surface area contributed by atoms with Crippen molar-refractivity contribution in [1.82, 2.24) is 10.3 Å². The molecular formula is C14H25N3OS. The molecule has 0 spiro atoms. The molecule has 0 radical (unpaired) electrons. The first kappa shape index (κ1) is 16.1. The molecule has 0 fully saturated rings. The summed E-state index contributed by atoms with van der Waals surface area (Å²) in [5, 5.41) is 5.78. The highest BCUT2D eigenvalue weighted by Gasteiger charge is 2.27. The van der Waals surface area contributed by atoms with Crippen molar-refractivity contribution in [3.8, 4) is 0 Å². The predicted octanol–water partition coefficient (Wildman–Crippen LogP) is 2.59. The highest BCUT2D eigenvalue weighted by Crippen LogP contribution is 2.27. The lowest BCUT2D eigenvalue weighted by molar-refractivity contribution is 0.0887. The van der Waals surface area contributed by atoms with E-state index in [9.17, 15) is 4.79 Å². The molecule has 1 rings (SSSR count). The van der Waals surface area contributed by atoms with E-state index >= 15 is 0 Å². The minimum Gasteiger partial charge on any atom is -0.346 e. The second kappa shape index (κ2) is 6.01. The monoisotopic (exact) mass is 283 g/mol. The van der Waals surface area contributed by atoms with Crippen LogP contribution in [0.25, 0.3) is 0 Å². The van der Waals surface area contributed by atoms with Crippen LogP contribution in [0.4, 0.5) is 0 Å². The van der Waals surface area contributed by atoms with Gasteiger partial charge in [-0.15, -0.1) is 11.3 Å². The molecule has 0 aliphatic heterocycles. The van der Waals surface area contributed by atoms with Crippen LogP contribution in [0.5, 0.6) is 0 Å². The lowest BCUT2D eigenvalue weighted by Crippen LogP contribution is -2.45. The minimum absolute atomic E-state index is 0.103. The molecule has 0 atom stereocenters. The van der Waals surface area contributed by atoms with E-state index in [1.165, 1.54) is 11.3 Å². The normalized spacial score (nSPS) is 12.5. The maximum absolute atomic E-state index is 12.2. The number of rotatable bonds is 5. The zero-order chi connectivity index (χ0) is 14.7. The van der Waals surface area contributed by atoms with Crippen molar-refractivity contribution in [3.05, 3.63) is 16.1 Å². The number of carbonyl (C=O) groups is 1. The number of hydrogen-bond donors (Lipinski definition) is 2. The molecule has 19 heavy (non-hydrogen) atoms. The van der Waals surface area contributed by atoms with Crippen LogP contribution < -0.4 is 11.1 Å². The Kier molecular flexibility index (Phi) is 5.10. The molecule has 0 saturated heterocycles. The van der Waals surface area contributed by atoms with E-state index < -0.39 is 0 Å². The predicted molar refractivity (Wildman–Crippen MR) is 80.5 cm³/mol. The fourth-order valence-corrected chi connectivity index (χ4v) is 3.19. The van der Waals surface area contributed by atoms with Crippen LogP contribution in [0.2, 0.25) is 0 Å². The van der Waals surface area contributed by atoms with Gasteiger partial charge in [0.2, 0.25) is 0 Å². The Morgan fingerprint density at radius 2 is 2.00 bits per heavy atom. The fourth-order valence-electron chi connectivity index (χ4n) is 2.39. The van der Waals surface area contributed by atoms with Gasteiger partial charge in [0.05, 0.1) is 5.01 Å². The van der Waals surface area contributed by atoms with Crippen molar-refractivity contribution in [3.63, 3.8) is 0 Å². The Morgan fingerprint density at radius 1 is 1.37 bits per heavy atom. The Labute approximate surface area is 119 Å². The third kappa shape index (κ3) is 5.70. The zero-order valence-corrected chi connectivity index (χ0v) is 13.4. The van der Waals surface area contributed by atoms with Crippen molar-refractivity contribution < 1.29 is 4.79 Å². The second-order valence-electron chi connectivity index (χ2n) is 6.74. The van der Waals surface area contributed by atoms with E-state index in [0.29, 0.717) is 12.2 Å². The van der Waals surface area contributed by atoms with Gasteiger partial charge >= 0.3 is 0 Å². The molecule has 0 aliphatic rings. The molecular weight excluding hydrogens is 258 g/mol. The average molecular weight is 283 g/mol. The van der Waals surface area contributed by atoms with Crippen LogP contribution in [0, 0.1) is 5.41 Å². The molecule has 108 valence electrons. The summed E-state index contributed by atoms with van der Waals surface area (Å²) in [6.45, 7) is 11.2. The Bertz CT molecular complexity index is 432. The Morgan fingerprint density at radius 3 is 2.53 bits per heavy atom. The van der Waals surface area contributed by atoms with Crippen LogP contribution in [-0.4, -0.2) is 23.0 Å². The van der Waals surface area contributed by atoms with Gasteiger partial charge in [0.15, 0.2) is 0 Å². The topological polar surface area (TPSA) is 68.0 Å². The first-order valence-corrected chi connectivity index (χ1v) is 7.48. The molecule has 1 aromatic rings. The quantitative estimate of drug-likeness (QED) is 0.872. The van der Waals surface area contributed by atoms with E-state index in [2.05, 4.69) is 31.1 Å². The molecule has 1 aromatic heterocycles. The maximum Gasteiger partial charge on any atom is 0.271 e. The fraction of sp³-hybridized carbons (Fsp3) is 0.714. The summed E-state index contributed by atoms with van der Waals surface area (Å²) in [5.41, 5.74) is 5.91. The van der Waals surface area contributed by atoms with Gasteiger partial charge in [-0.1, -0.05) is 20.8 Å². The molecule has 4 nitrogen and oxygen atoms in total. The van der Waals surface area contributed by atoms with Gasteiger partial charge in [-0.05, 0) is 32.2 Å². The molecule has 1 heterocycles. The average Bonchev–Trinajstić information content (AvgIpc) is 2.61. The van der Waals surface area contributed by atoms with Crippen LogP contribution >= 0.6 is 11.3 Å². The number of nitrogens with zero attached hydrogens (tertiary/aromatic N) is 1.